The van der Waals surface area contributed by atoms with Gasteiger partial charge in [0.1, 0.15) is 17.4 Å². The summed E-state index contributed by atoms with van der Waals surface area (Å²) < 4.78 is 11.4. The molecule has 2 aliphatic rings. The normalized spacial score (nSPS) is 26.0. The van der Waals surface area contributed by atoms with Gasteiger partial charge in [-0.3, -0.25) is 4.90 Å². The van der Waals surface area contributed by atoms with Crippen LogP contribution in [0.1, 0.15) is 17.2 Å². The molecule has 0 radical (unpaired) electrons. The third-order valence-corrected chi connectivity index (χ3v) is 4.48. The summed E-state index contributed by atoms with van der Waals surface area (Å²) in [6, 6.07) is 6.19. The zero-order valence-electron chi connectivity index (χ0n) is 11.9. The number of nitrogens with one attached hydrogen (secondary N) is 1. The van der Waals surface area contributed by atoms with Crippen LogP contribution in [0.15, 0.2) is 12.1 Å². The molecular formula is C15H18ClN3O2. The molecule has 0 amide bonds. The molecule has 112 valence electrons. The summed E-state index contributed by atoms with van der Waals surface area (Å²) in [5.74, 6) is 0.531. The number of benzene rings is 1. The Labute approximate surface area is 129 Å². The van der Waals surface area contributed by atoms with Crippen LogP contribution < -0.4 is 10.1 Å². The number of halogens is 1. The molecule has 0 bridgehead atoms. The van der Waals surface area contributed by atoms with E-state index in [1.54, 1.807) is 13.2 Å². The van der Waals surface area contributed by atoms with Gasteiger partial charge in [-0.2, -0.15) is 5.26 Å². The highest BCUT2D eigenvalue weighted by atomic mass is 35.5. The van der Waals surface area contributed by atoms with Crippen LogP contribution in [0.3, 0.4) is 0 Å². The van der Waals surface area contributed by atoms with Gasteiger partial charge < -0.3 is 14.8 Å². The van der Waals surface area contributed by atoms with Gasteiger partial charge in [-0.15, -0.1) is 0 Å². The van der Waals surface area contributed by atoms with Gasteiger partial charge >= 0.3 is 0 Å². The number of hydrogen-bond acceptors (Lipinski definition) is 5. The Morgan fingerprint density at radius 2 is 2.38 bits per heavy atom. The van der Waals surface area contributed by atoms with Crippen molar-refractivity contribution in [3.63, 3.8) is 0 Å². The van der Waals surface area contributed by atoms with Crippen LogP contribution >= 0.6 is 11.6 Å². The highest BCUT2D eigenvalue weighted by Crippen LogP contribution is 2.37. The van der Waals surface area contributed by atoms with Crippen LogP contribution in [0.4, 0.5) is 0 Å². The van der Waals surface area contributed by atoms with E-state index in [-0.39, 0.29) is 6.10 Å². The quantitative estimate of drug-likeness (QED) is 0.899. The fourth-order valence-electron chi connectivity index (χ4n) is 3.04. The van der Waals surface area contributed by atoms with E-state index in [0.29, 0.717) is 29.0 Å². The van der Waals surface area contributed by atoms with E-state index < -0.39 is 0 Å². The summed E-state index contributed by atoms with van der Waals surface area (Å²) in [5.41, 5.74) is 1.28. The summed E-state index contributed by atoms with van der Waals surface area (Å²) in [5, 5.41) is 13.1. The van der Waals surface area contributed by atoms with Crippen molar-refractivity contribution in [2.24, 2.45) is 0 Å². The van der Waals surface area contributed by atoms with Crippen molar-refractivity contribution in [2.75, 3.05) is 39.9 Å². The lowest BCUT2D eigenvalue weighted by Crippen LogP contribution is -2.57. The van der Waals surface area contributed by atoms with Crippen LogP contribution in [0, 0.1) is 11.3 Å². The van der Waals surface area contributed by atoms with Gasteiger partial charge in [0, 0.05) is 37.8 Å². The fourth-order valence-corrected chi connectivity index (χ4v) is 3.23. The first-order valence-corrected chi connectivity index (χ1v) is 7.45. The number of fused-ring (bicyclic) bond motifs is 1. The molecule has 2 saturated heterocycles. The zero-order chi connectivity index (χ0) is 14.8. The second-order valence-corrected chi connectivity index (χ2v) is 5.74. The van der Waals surface area contributed by atoms with E-state index in [9.17, 15) is 5.26 Å². The van der Waals surface area contributed by atoms with Gasteiger partial charge in [0.2, 0.25) is 0 Å². The molecule has 1 aromatic carbocycles. The first-order chi connectivity index (χ1) is 10.2. The summed E-state index contributed by atoms with van der Waals surface area (Å²) in [7, 11) is 1.56. The summed E-state index contributed by atoms with van der Waals surface area (Å²) in [6.45, 7) is 4.49. The topological polar surface area (TPSA) is 57.5 Å². The minimum Gasteiger partial charge on any atom is -0.495 e. The molecule has 3 rings (SSSR count). The second kappa shape index (κ2) is 6.20. The highest BCUT2D eigenvalue weighted by molar-refractivity contribution is 6.32. The van der Waals surface area contributed by atoms with E-state index >= 15 is 0 Å². The van der Waals surface area contributed by atoms with Crippen molar-refractivity contribution in [3.8, 4) is 11.8 Å². The maximum atomic E-state index is 9.27. The fraction of sp³-hybridized carbons (Fsp3) is 0.533. The van der Waals surface area contributed by atoms with Crippen LogP contribution in [-0.4, -0.2) is 50.8 Å². The Balaban J connectivity index is 1.89. The lowest BCUT2D eigenvalue weighted by atomic mass is 10.0. The Bertz CT molecular complexity index is 573. The molecule has 2 atom stereocenters. The van der Waals surface area contributed by atoms with E-state index in [4.69, 9.17) is 21.1 Å². The maximum Gasteiger partial charge on any atom is 0.144 e. The highest BCUT2D eigenvalue weighted by Gasteiger charge is 2.33. The minimum atomic E-state index is -0.0846. The SMILES string of the molecule is COc1c([C@@H]2CN3CCNC[C@H]3CO2)ccc(Cl)c1C#N. The molecule has 1 N–H and O–H groups in total. The lowest BCUT2D eigenvalue weighted by Gasteiger charge is -2.43. The van der Waals surface area contributed by atoms with Gasteiger partial charge in [-0.1, -0.05) is 17.7 Å². The molecule has 0 spiro atoms. The van der Waals surface area contributed by atoms with Gasteiger partial charge in [0.25, 0.3) is 0 Å². The van der Waals surface area contributed by atoms with E-state index in [2.05, 4.69) is 16.3 Å². The third-order valence-electron chi connectivity index (χ3n) is 4.16. The lowest BCUT2D eigenvalue weighted by molar-refractivity contribution is -0.0724. The number of nitrogens with zero attached hydrogens (tertiary/aromatic N) is 2. The van der Waals surface area contributed by atoms with Gasteiger partial charge in [-0.25, -0.2) is 0 Å². The smallest absolute Gasteiger partial charge is 0.144 e. The molecular weight excluding hydrogens is 290 g/mol. The van der Waals surface area contributed by atoms with Gasteiger partial charge in [0.05, 0.1) is 24.8 Å². The standard InChI is InChI=1S/C15H18ClN3O2/c1-20-15-11(2-3-13(16)12(15)6-17)14-8-19-5-4-18-7-10(19)9-21-14/h2-3,10,14,18H,4-5,7-9H2,1H3/t10-,14-/m0/s1. The first-order valence-electron chi connectivity index (χ1n) is 7.07. The summed E-state index contributed by atoms with van der Waals surface area (Å²) in [4.78, 5) is 2.44. The molecule has 2 heterocycles. The molecule has 0 saturated carbocycles. The maximum absolute atomic E-state index is 9.27. The van der Waals surface area contributed by atoms with E-state index in [0.717, 1.165) is 31.7 Å². The van der Waals surface area contributed by atoms with Gasteiger partial charge in [-0.05, 0) is 6.07 Å². The number of nitriles is 1. The summed E-state index contributed by atoms with van der Waals surface area (Å²) in [6.07, 6.45) is -0.0846. The van der Waals surface area contributed by atoms with Gasteiger partial charge in [0.15, 0.2) is 0 Å². The zero-order valence-corrected chi connectivity index (χ0v) is 12.7. The Morgan fingerprint density at radius 1 is 1.52 bits per heavy atom. The molecule has 6 heteroatoms. The van der Waals surface area contributed by atoms with Crippen molar-refractivity contribution in [3.05, 3.63) is 28.3 Å². The number of piperazine rings is 1. The number of morpholine rings is 1. The molecule has 2 aliphatic heterocycles. The average molecular weight is 308 g/mol. The number of methoxy groups -OCH3 is 1. The number of rotatable bonds is 2. The van der Waals surface area contributed by atoms with Crippen LogP contribution in [0.25, 0.3) is 0 Å². The van der Waals surface area contributed by atoms with Crippen molar-refractivity contribution >= 4 is 11.6 Å². The summed E-state index contributed by atoms with van der Waals surface area (Å²) >= 11 is 6.07. The average Bonchev–Trinajstić information content (AvgIpc) is 2.54. The van der Waals surface area contributed by atoms with Crippen molar-refractivity contribution in [1.82, 2.24) is 10.2 Å². The molecule has 0 aromatic heterocycles. The molecule has 21 heavy (non-hydrogen) atoms. The van der Waals surface area contributed by atoms with Crippen LogP contribution in [0.2, 0.25) is 5.02 Å². The molecule has 5 nitrogen and oxygen atoms in total. The van der Waals surface area contributed by atoms with Crippen molar-refractivity contribution in [2.45, 2.75) is 12.1 Å². The molecule has 2 fully saturated rings. The van der Waals surface area contributed by atoms with Crippen LogP contribution in [0.5, 0.6) is 5.75 Å². The Kier molecular flexibility index (Phi) is 4.32. The van der Waals surface area contributed by atoms with Crippen molar-refractivity contribution < 1.29 is 9.47 Å². The molecule has 0 unspecified atom stereocenters. The molecule has 1 aromatic rings. The van der Waals surface area contributed by atoms with Crippen molar-refractivity contribution in [1.29, 1.82) is 5.26 Å². The van der Waals surface area contributed by atoms with E-state index in [1.165, 1.54) is 0 Å². The molecule has 0 aliphatic carbocycles. The Hall–Kier alpha value is -1.32. The minimum absolute atomic E-state index is 0.0846. The monoisotopic (exact) mass is 307 g/mol. The largest absolute Gasteiger partial charge is 0.495 e. The predicted octanol–water partition coefficient (Wildman–Crippen LogP) is 1.57. The number of ether oxygens (including phenoxy) is 2. The second-order valence-electron chi connectivity index (χ2n) is 5.33. The van der Waals surface area contributed by atoms with E-state index in [1.807, 2.05) is 6.07 Å². The first kappa shape index (κ1) is 14.6. The third kappa shape index (κ3) is 2.72. The van der Waals surface area contributed by atoms with Crippen LogP contribution in [-0.2, 0) is 4.74 Å². The predicted molar refractivity (Wildman–Crippen MR) is 79.6 cm³/mol. The Morgan fingerprint density at radius 3 is 3.14 bits per heavy atom. The number of hydrogen-bond donors (Lipinski definition) is 1.